The van der Waals surface area contributed by atoms with Crippen LogP contribution >= 0.6 is 23.2 Å². The Kier molecular flexibility index (Phi) is 7.21. The van der Waals surface area contributed by atoms with Crippen molar-refractivity contribution in [3.8, 4) is 0 Å². The van der Waals surface area contributed by atoms with Crippen LogP contribution in [0.4, 0.5) is 5.69 Å². The van der Waals surface area contributed by atoms with Crippen LogP contribution in [0.1, 0.15) is 21.5 Å². The molecule has 0 radical (unpaired) electrons. The summed E-state index contributed by atoms with van der Waals surface area (Å²) >= 11 is 11.7. The first-order valence-electron chi connectivity index (χ1n) is 8.01. The molecule has 2 aromatic carbocycles. The third-order valence-electron chi connectivity index (χ3n) is 3.39. The summed E-state index contributed by atoms with van der Waals surface area (Å²) in [5, 5.41) is 5.70. The second-order valence-electron chi connectivity index (χ2n) is 5.93. The molecule has 0 saturated heterocycles. The lowest BCUT2D eigenvalue weighted by Crippen LogP contribution is -2.32. The van der Waals surface area contributed by atoms with Gasteiger partial charge in [-0.15, -0.1) is 0 Å². The molecule has 0 aliphatic rings. The standard InChI is InChI=1S/C19H18Cl2N2O4/c1-11-3-12(2)5-13(4-11)19(26)22-9-18(25)27-10-17(24)23-16-7-14(20)6-15(21)8-16/h3-8H,9-10H2,1-2H3,(H,22,26)(H,23,24). The van der Waals surface area contributed by atoms with Gasteiger partial charge in [0, 0.05) is 21.3 Å². The smallest absolute Gasteiger partial charge is 0.325 e. The summed E-state index contributed by atoms with van der Waals surface area (Å²) in [7, 11) is 0. The first kappa shape index (κ1) is 20.7. The van der Waals surface area contributed by atoms with Crippen molar-refractivity contribution in [1.82, 2.24) is 5.32 Å². The Balaban J connectivity index is 1.78. The van der Waals surface area contributed by atoms with Crippen molar-refractivity contribution in [3.05, 3.63) is 63.1 Å². The zero-order chi connectivity index (χ0) is 20.0. The molecule has 2 N–H and O–H groups in total. The molecule has 6 nitrogen and oxygen atoms in total. The zero-order valence-electron chi connectivity index (χ0n) is 14.8. The van der Waals surface area contributed by atoms with E-state index in [0.29, 0.717) is 21.3 Å². The Hall–Kier alpha value is -2.57. The highest BCUT2D eigenvalue weighted by atomic mass is 35.5. The number of carbonyl (C=O) groups is 3. The molecule has 0 bridgehead atoms. The summed E-state index contributed by atoms with van der Waals surface area (Å²) in [5.74, 6) is -1.67. The first-order valence-corrected chi connectivity index (χ1v) is 8.76. The first-order chi connectivity index (χ1) is 12.7. The van der Waals surface area contributed by atoms with Gasteiger partial charge in [-0.1, -0.05) is 40.4 Å². The highest BCUT2D eigenvalue weighted by Crippen LogP contribution is 2.22. The SMILES string of the molecule is Cc1cc(C)cc(C(=O)NCC(=O)OCC(=O)Nc2cc(Cl)cc(Cl)c2)c1. The van der Waals surface area contributed by atoms with Crippen LogP contribution in [0.2, 0.25) is 10.0 Å². The van der Waals surface area contributed by atoms with Gasteiger partial charge in [-0.2, -0.15) is 0 Å². The number of aryl methyl sites for hydroxylation is 2. The van der Waals surface area contributed by atoms with Crippen LogP contribution in [-0.2, 0) is 14.3 Å². The maximum Gasteiger partial charge on any atom is 0.325 e. The zero-order valence-corrected chi connectivity index (χ0v) is 16.3. The summed E-state index contributed by atoms with van der Waals surface area (Å²) < 4.78 is 4.84. The van der Waals surface area contributed by atoms with Gasteiger partial charge < -0.3 is 15.4 Å². The summed E-state index contributed by atoms with van der Waals surface area (Å²) in [4.78, 5) is 35.6. The molecule has 8 heteroatoms. The molecule has 2 aromatic rings. The molecule has 0 aliphatic carbocycles. The molecule has 27 heavy (non-hydrogen) atoms. The molecule has 2 rings (SSSR count). The topological polar surface area (TPSA) is 84.5 Å². The molecule has 0 spiro atoms. The van der Waals surface area contributed by atoms with Gasteiger partial charge in [-0.05, 0) is 44.2 Å². The van der Waals surface area contributed by atoms with Crippen molar-refractivity contribution in [2.24, 2.45) is 0 Å². The minimum Gasteiger partial charge on any atom is -0.454 e. The van der Waals surface area contributed by atoms with E-state index < -0.39 is 24.4 Å². The van der Waals surface area contributed by atoms with Crippen molar-refractivity contribution >= 4 is 46.7 Å². The van der Waals surface area contributed by atoms with Gasteiger partial charge in [-0.25, -0.2) is 0 Å². The predicted octanol–water partition coefficient (Wildman–Crippen LogP) is 3.52. The van der Waals surface area contributed by atoms with Crippen LogP contribution in [0.25, 0.3) is 0 Å². The van der Waals surface area contributed by atoms with Crippen molar-refractivity contribution in [1.29, 1.82) is 0 Å². The van der Waals surface area contributed by atoms with E-state index in [1.807, 2.05) is 19.9 Å². The number of anilines is 1. The molecular formula is C19H18Cl2N2O4. The molecule has 0 aliphatic heterocycles. The lowest BCUT2D eigenvalue weighted by atomic mass is 10.1. The number of hydrogen-bond donors (Lipinski definition) is 2. The van der Waals surface area contributed by atoms with Crippen molar-refractivity contribution < 1.29 is 19.1 Å². The van der Waals surface area contributed by atoms with Gasteiger partial charge in [0.15, 0.2) is 6.61 Å². The van der Waals surface area contributed by atoms with Crippen LogP contribution in [0.3, 0.4) is 0 Å². The fraction of sp³-hybridized carbons (Fsp3) is 0.211. The molecule has 142 valence electrons. The lowest BCUT2D eigenvalue weighted by molar-refractivity contribution is -0.146. The molecule has 2 amide bonds. The Morgan fingerprint density at radius 3 is 2.11 bits per heavy atom. The summed E-state index contributed by atoms with van der Waals surface area (Å²) in [5.41, 5.74) is 2.73. The van der Waals surface area contributed by atoms with Gasteiger partial charge in [0.1, 0.15) is 6.54 Å². The third-order valence-corrected chi connectivity index (χ3v) is 3.82. The Bertz CT molecular complexity index is 844. The van der Waals surface area contributed by atoms with Gasteiger partial charge in [0.25, 0.3) is 11.8 Å². The summed E-state index contributed by atoms with van der Waals surface area (Å²) in [6.07, 6.45) is 0. The van der Waals surface area contributed by atoms with Crippen LogP contribution in [0.5, 0.6) is 0 Å². The van der Waals surface area contributed by atoms with Crippen LogP contribution in [0, 0.1) is 13.8 Å². The lowest BCUT2D eigenvalue weighted by Gasteiger charge is -2.09. The van der Waals surface area contributed by atoms with E-state index in [-0.39, 0.29) is 6.54 Å². The van der Waals surface area contributed by atoms with E-state index in [4.69, 9.17) is 27.9 Å². The Morgan fingerprint density at radius 2 is 1.52 bits per heavy atom. The number of amides is 2. The van der Waals surface area contributed by atoms with Crippen molar-refractivity contribution in [2.75, 3.05) is 18.5 Å². The maximum atomic E-state index is 12.1. The highest BCUT2D eigenvalue weighted by molar-refractivity contribution is 6.35. The molecule has 0 atom stereocenters. The second-order valence-corrected chi connectivity index (χ2v) is 6.80. The molecule has 0 aromatic heterocycles. The second kappa shape index (κ2) is 9.39. The van der Waals surface area contributed by atoms with Gasteiger partial charge >= 0.3 is 5.97 Å². The molecule has 0 saturated carbocycles. The van der Waals surface area contributed by atoms with Gasteiger partial charge in [0.2, 0.25) is 0 Å². The molecular weight excluding hydrogens is 391 g/mol. The predicted molar refractivity (Wildman–Crippen MR) is 104 cm³/mol. The largest absolute Gasteiger partial charge is 0.454 e. The van der Waals surface area contributed by atoms with E-state index in [1.165, 1.54) is 18.2 Å². The van der Waals surface area contributed by atoms with E-state index in [0.717, 1.165) is 11.1 Å². The molecule has 0 fully saturated rings. The number of carbonyl (C=O) groups excluding carboxylic acids is 3. The third kappa shape index (κ3) is 6.92. The number of ether oxygens (including phenoxy) is 1. The van der Waals surface area contributed by atoms with E-state index in [2.05, 4.69) is 10.6 Å². The maximum absolute atomic E-state index is 12.1. The molecule has 0 heterocycles. The van der Waals surface area contributed by atoms with Crippen LogP contribution in [0.15, 0.2) is 36.4 Å². The number of halogens is 2. The van der Waals surface area contributed by atoms with Crippen LogP contribution < -0.4 is 10.6 Å². The summed E-state index contributed by atoms with van der Waals surface area (Å²) in [6, 6.07) is 9.93. The van der Waals surface area contributed by atoms with Crippen molar-refractivity contribution in [3.63, 3.8) is 0 Å². The minimum absolute atomic E-state index is 0.345. The van der Waals surface area contributed by atoms with E-state index in [1.54, 1.807) is 12.1 Å². The molecule has 0 unspecified atom stereocenters. The number of esters is 1. The number of benzene rings is 2. The van der Waals surface area contributed by atoms with E-state index >= 15 is 0 Å². The van der Waals surface area contributed by atoms with E-state index in [9.17, 15) is 14.4 Å². The average Bonchev–Trinajstić information content (AvgIpc) is 2.56. The van der Waals surface area contributed by atoms with Crippen molar-refractivity contribution in [2.45, 2.75) is 13.8 Å². The fourth-order valence-electron chi connectivity index (χ4n) is 2.38. The number of nitrogens with one attached hydrogen (secondary N) is 2. The Labute approximate surface area is 166 Å². The number of hydrogen-bond acceptors (Lipinski definition) is 4. The summed E-state index contributed by atoms with van der Waals surface area (Å²) in [6.45, 7) is 2.91. The van der Waals surface area contributed by atoms with Crippen LogP contribution in [-0.4, -0.2) is 30.9 Å². The van der Waals surface area contributed by atoms with Gasteiger partial charge in [-0.3, -0.25) is 14.4 Å². The average molecular weight is 409 g/mol. The fourth-order valence-corrected chi connectivity index (χ4v) is 2.91. The minimum atomic E-state index is -0.730. The Morgan fingerprint density at radius 1 is 0.926 bits per heavy atom. The monoisotopic (exact) mass is 408 g/mol. The highest BCUT2D eigenvalue weighted by Gasteiger charge is 2.12. The normalized spacial score (nSPS) is 10.2. The quantitative estimate of drug-likeness (QED) is 0.716. The number of rotatable bonds is 6. The van der Waals surface area contributed by atoms with Gasteiger partial charge in [0.05, 0.1) is 0 Å².